The molecule has 3 aromatic rings. The molecule has 0 aliphatic carbocycles. The number of ether oxygens (including phenoxy) is 1. The molecule has 28 heavy (non-hydrogen) atoms. The van der Waals surface area contributed by atoms with Crippen molar-refractivity contribution >= 4 is 34.8 Å². The standard InChI is InChI=1S/C21H19ClN4O2/c1-3-18-17-13-23-20(22)24-19(17)26(14-7-5-4-6-8-14)21(27)25(18)15-9-11-16(28-2)12-10-15/h4-13,18H,3H2,1-2H3. The first-order valence-corrected chi connectivity index (χ1v) is 9.36. The molecule has 2 amide bonds. The van der Waals surface area contributed by atoms with Gasteiger partial charge in [0.1, 0.15) is 5.75 Å². The number of hydrogen-bond acceptors (Lipinski definition) is 4. The smallest absolute Gasteiger partial charge is 0.335 e. The highest BCUT2D eigenvalue weighted by molar-refractivity contribution is 6.28. The number of rotatable bonds is 4. The third kappa shape index (κ3) is 3.05. The van der Waals surface area contributed by atoms with Crippen LogP contribution in [0.15, 0.2) is 60.8 Å². The van der Waals surface area contributed by atoms with E-state index in [2.05, 4.69) is 9.97 Å². The molecule has 1 aliphatic heterocycles. The molecule has 1 aromatic heterocycles. The number of benzene rings is 2. The zero-order valence-corrected chi connectivity index (χ0v) is 16.3. The van der Waals surface area contributed by atoms with Crippen LogP contribution >= 0.6 is 11.6 Å². The lowest BCUT2D eigenvalue weighted by Crippen LogP contribution is -2.48. The first-order chi connectivity index (χ1) is 13.6. The summed E-state index contributed by atoms with van der Waals surface area (Å²) in [7, 11) is 1.62. The Morgan fingerprint density at radius 2 is 1.79 bits per heavy atom. The fraction of sp³-hybridized carbons (Fsp3) is 0.190. The van der Waals surface area contributed by atoms with Crippen molar-refractivity contribution in [3.8, 4) is 5.75 Å². The van der Waals surface area contributed by atoms with E-state index in [1.165, 1.54) is 0 Å². The largest absolute Gasteiger partial charge is 0.497 e. The summed E-state index contributed by atoms with van der Waals surface area (Å²) in [5, 5.41) is 0.111. The summed E-state index contributed by atoms with van der Waals surface area (Å²) in [4.78, 5) is 25.6. The Balaban J connectivity index is 1.90. The van der Waals surface area contributed by atoms with Gasteiger partial charge in [0.25, 0.3) is 0 Å². The molecule has 0 N–H and O–H groups in total. The van der Waals surface area contributed by atoms with Gasteiger partial charge in [-0.25, -0.2) is 14.7 Å². The number of amides is 2. The van der Waals surface area contributed by atoms with Gasteiger partial charge in [-0.05, 0) is 54.4 Å². The summed E-state index contributed by atoms with van der Waals surface area (Å²) >= 11 is 6.07. The van der Waals surface area contributed by atoms with Crippen LogP contribution in [-0.2, 0) is 0 Å². The van der Waals surface area contributed by atoms with Gasteiger partial charge >= 0.3 is 6.03 Å². The van der Waals surface area contributed by atoms with E-state index < -0.39 is 0 Å². The van der Waals surface area contributed by atoms with E-state index in [9.17, 15) is 4.79 Å². The maximum Gasteiger partial charge on any atom is 0.335 e. The monoisotopic (exact) mass is 394 g/mol. The van der Waals surface area contributed by atoms with Crippen molar-refractivity contribution < 1.29 is 9.53 Å². The van der Waals surface area contributed by atoms with Gasteiger partial charge in [-0.2, -0.15) is 4.98 Å². The summed E-state index contributed by atoms with van der Waals surface area (Å²) in [6, 6.07) is 16.5. The number of para-hydroxylation sites is 1. The van der Waals surface area contributed by atoms with Crippen LogP contribution in [0.3, 0.4) is 0 Å². The molecule has 0 radical (unpaired) electrons. The lowest BCUT2D eigenvalue weighted by Gasteiger charge is -2.41. The minimum atomic E-state index is -0.201. The number of hydrogen-bond donors (Lipinski definition) is 0. The predicted octanol–water partition coefficient (Wildman–Crippen LogP) is 5.37. The number of methoxy groups -OCH3 is 1. The number of nitrogens with zero attached hydrogens (tertiary/aromatic N) is 4. The molecule has 142 valence electrons. The van der Waals surface area contributed by atoms with Gasteiger partial charge in [0.2, 0.25) is 5.28 Å². The Bertz CT molecular complexity index is 995. The topological polar surface area (TPSA) is 58.6 Å². The molecule has 6 nitrogen and oxygen atoms in total. The van der Waals surface area contributed by atoms with Crippen LogP contribution in [0.2, 0.25) is 5.28 Å². The Kier molecular flexibility index (Phi) is 4.88. The van der Waals surface area contributed by atoms with E-state index in [1.807, 2.05) is 61.5 Å². The second-order valence-electron chi connectivity index (χ2n) is 6.36. The van der Waals surface area contributed by atoms with Gasteiger partial charge < -0.3 is 4.74 Å². The van der Waals surface area contributed by atoms with Gasteiger partial charge in [0, 0.05) is 17.4 Å². The Labute approximate surface area is 168 Å². The molecule has 0 saturated carbocycles. The maximum atomic E-state index is 13.6. The quantitative estimate of drug-likeness (QED) is 0.558. The molecule has 0 saturated heterocycles. The van der Waals surface area contributed by atoms with Gasteiger partial charge in [-0.1, -0.05) is 25.1 Å². The van der Waals surface area contributed by atoms with Gasteiger partial charge in [0.05, 0.1) is 18.8 Å². The highest BCUT2D eigenvalue weighted by atomic mass is 35.5. The molecule has 2 aromatic carbocycles. The van der Waals surface area contributed by atoms with E-state index in [0.717, 1.165) is 22.7 Å². The van der Waals surface area contributed by atoms with Crippen molar-refractivity contribution in [2.45, 2.75) is 19.4 Å². The molecular weight excluding hydrogens is 376 g/mol. The van der Waals surface area contributed by atoms with Crippen LogP contribution < -0.4 is 14.5 Å². The van der Waals surface area contributed by atoms with E-state index in [4.69, 9.17) is 16.3 Å². The molecule has 0 fully saturated rings. The van der Waals surface area contributed by atoms with E-state index in [-0.39, 0.29) is 17.4 Å². The summed E-state index contributed by atoms with van der Waals surface area (Å²) < 4.78 is 5.25. The number of aromatic nitrogens is 2. The minimum absolute atomic E-state index is 0.111. The molecule has 1 aliphatic rings. The van der Waals surface area contributed by atoms with Crippen molar-refractivity contribution in [1.29, 1.82) is 0 Å². The average molecular weight is 395 g/mol. The summed E-state index contributed by atoms with van der Waals surface area (Å²) in [5.41, 5.74) is 2.35. The minimum Gasteiger partial charge on any atom is -0.497 e. The molecule has 7 heteroatoms. The van der Waals surface area contributed by atoms with Crippen LogP contribution in [0.1, 0.15) is 24.9 Å². The van der Waals surface area contributed by atoms with Gasteiger partial charge in [-0.3, -0.25) is 4.90 Å². The Hall–Kier alpha value is -3.12. The van der Waals surface area contributed by atoms with Gasteiger partial charge in [-0.15, -0.1) is 0 Å². The third-order valence-electron chi connectivity index (χ3n) is 4.80. The molecule has 2 heterocycles. The zero-order valence-electron chi connectivity index (χ0n) is 15.5. The number of halogens is 1. The number of fused-ring (bicyclic) bond motifs is 1. The van der Waals surface area contributed by atoms with E-state index in [0.29, 0.717) is 12.2 Å². The third-order valence-corrected chi connectivity index (χ3v) is 4.98. The van der Waals surface area contributed by atoms with E-state index in [1.54, 1.807) is 23.1 Å². The SMILES string of the molecule is CCC1c2cnc(Cl)nc2N(c2ccccc2)C(=O)N1c1ccc(OC)cc1. The number of carbonyl (C=O) groups is 1. The molecule has 0 bridgehead atoms. The van der Waals surface area contributed by atoms with Crippen molar-refractivity contribution in [3.05, 3.63) is 71.6 Å². The molecular formula is C21H19ClN4O2. The molecule has 0 spiro atoms. The molecule has 1 atom stereocenters. The predicted molar refractivity (Wildman–Crippen MR) is 110 cm³/mol. The normalized spacial score (nSPS) is 16.1. The van der Waals surface area contributed by atoms with Crippen LogP contribution in [0.5, 0.6) is 5.75 Å². The van der Waals surface area contributed by atoms with E-state index >= 15 is 0 Å². The average Bonchev–Trinajstić information content (AvgIpc) is 2.73. The van der Waals surface area contributed by atoms with Crippen molar-refractivity contribution in [1.82, 2.24) is 9.97 Å². The van der Waals surface area contributed by atoms with Crippen LogP contribution in [0, 0.1) is 0 Å². The first-order valence-electron chi connectivity index (χ1n) is 8.99. The van der Waals surface area contributed by atoms with Crippen LogP contribution in [-0.4, -0.2) is 23.1 Å². The molecule has 4 rings (SSSR count). The van der Waals surface area contributed by atoms with Crippen LogP contribution in [0.4, 0.5) is 22.0 Å². The summed E-state index contributed by atoms with van der Waals surface area (Å²) in [6.07, 6.45) is 2.41. The summed E-state index contributed by atoms with van der Waals surface area (Å²) in [5.74, 6) is 1.25. The second-order valence-corrected chi connectivity index (χ2v) is 6.70. The number of urea groups is 1. The fourth-order valence-corrected chi connectivity index (χ4v) is 3.62. The maximum absolute atomic E-state index is 13.6. The summed E-state index contributed by atoms with van der Waals surface area (Å²) in [6.45, 7) is 2.03. The highest BCUT2D eigenvalue weighted by Crippen LogP contribution is 2.43. The highest BCUT2D eigenvalue weighted by Gasteiger charge is 2.40. The Morgan fingerprint density at radius 3 is 2.43 bits per heavy atom. The Morgan fingerprint density at radius 1 is 1.07 bits per heavy atom. The van der Waals surface area contributed by atoms with Crippen molar-refractivity contribution in [3.63, 3.8) is 0 Å². The second kappa shape index (κ2) is 7.48. The lowest BCUT2D eigenvalue weighted by atomic mass is 10.0. The zero-order chi connectivity index (χ0) is 19.7. The number of carbonyl (C=O) groups excluding carboxylic acids is 1. The van der Waals surface area contributed by atoms with Crippen LogP contribution in [0.25, 0.3) is 0 Å². The fourth-order valence-electron chi connectivity index (χ4n) is 3.49. The first kappa shape index (κ1) is 18.3. The van der Waals surface area contributed by atoms with Crippen molar-refractivity contribution in [2.75, 3.05) is 16.9 Å². The lowest BCUT2D eigenvalue weighted by molar-refractivity contribution is 0.249. The number of anilines is 3. The van der Waals surface area contributed by atoms with Crippen molar-refractivity contribution in [2.24, 2.45) is 0 Å². The molecule has 1 unspecified atom stereocenters. The van der Waals surface area contributed by atoms with Gasteiger partial charge in [0.15, 0.2) is 5.82 Å².